The summed E-state index contributed by atoms with van der Waals surface area (Å²) < 4.78 is 5.10. The van der Waals surface area contributed by atoms with E-state index in [2.05, 4.69) is 22.8 Å². The van der Waals surface area contributed by atoms with Crippen LogP contribution in [0.15, 0.2) is 29.3 Å². The van der Waals surface area contributed by atoms with E-state index in [0.717, 1.165) is 49.4 Å². The van der Waals surface area contributed by atoms with Gasteiger partial charge in [-0.2, -0.15) is 0 Å². The van der Waals surface area contributed by atoms with Crippen molar-refractivity contribution in [1.82, 2.24) is 20.4 Å². The van der Waals surface area contributed by atoms with Crippen LogP contribution in [0.2, 0.25) is 0 Å². The molecule has 170 valence electrons. The monoisotopic (exact) mass is 429 g/mol. The molecule has 0 spiro atoms. The Morgan fingerprint density at radius 2 is 1.90 bits per heavy atom. The summed E-state index contributed by atoms with van der Waals surface area (Å²) in [5.41, 5.74) is 2.29. The molecule has 2 amide bonds. The number of likely N-dealkylation sites (tertiary alicyclic amines) is 2. The third-order valence-electron chi connectivity index (χ3n) is 5.76. The van der Waals surface area contributed by atoms with E-state index in [9.17, 15) is 9.59 Å². The molecule has 31 heavy (non-hydrogen) atoms. The molecule has 0 aliphatic carbocycles. The fourth-order valence-electron chi connectivity index (χ4n) is 4.04. The van der Waals surface area contributed by atoms with Crippen molar-refractivity contribution in [2.24, 2.45) is 4.99 Å². The van der Waals surface area contributed by atoms with Crippen molar-refractivity contribution in [3.8, 4) is 0 Å². The molecule has 2 aliphatic heterocycles. The van der Waals surface area contributed by atoms with Crippen LogP contribution in [0.3, 0.4) is 0 Å². The molecule has 0 atom stereocenters. The van der Waals surface area contributed by atoms with Crippen LogP contribution in [-0.4, -0.2) is 66.6 Å². The largest absolute Gasteiger partial charge is 0.450 e. The molecule has 0 bridgehead atoms. The number of guanidine groups is 1. The molecule has 1 aromatic rings. The molecule has 2 fully saturated rings. The molecule has 2 heterocycles. The zero-order valence-corrected chi connectivity index (χ0v) is 18.7. The molecule has 0 aromatic heterocycles. The van der Waals surface area contributed by atoms with Crippen molar-refractivity contribution >= 4 is 18.0 Å². The van der Waals surface area contributed by atoms with Crippen molar-refractivity contribution in [2.75, 3.05) is 32.8 Å². The van der Waals surface area contributed by atoms with Crippen LogP contribution in [0.5, 0.6) is 0 Å². The summed E-state index contributed by atoms with van der Waals surface area (Å²) in [7, 11) is 0. The van der Waals surface area contributed by atoms with Gasteiger partial charge in [0, 0.05) is 45.2 Å². The van der Waals surface area contributed by atoms with E-state index in [1.54, 1.807) is 4.90 Å². The van der Waals surface area contributed by atoms with Gasteiger partial charge in [0.2, 0.25) is 5.91 Å². The summed E-state index contributed by atoms with van der Waals surface area (Å²) >= 11 is 0. The van der Waals surface area contributed by atoms with Gasteiger partial charge >= 0.3 is 6.09 Å². The number of hydrogen-bond acceptors (Lipinski definition) is 4. The Bertz CT molecular complexity index is 774. The first kappa shape index (κ1) is 22.9. The quantitative estimate of drug-likeness (QED) is 0.514. The lowest BCUT2D eigenvalue weighted by Crippen LogP contribution is -2.49. The molecule has 3 rings (SSSR count). The molecule has 0 unspecified atom stereocenters. The average Bonchev–Trinajstić information content (AvgIpc) is 3.18. The highest BCUT2D eigenvalue weighted by Gasteiger charge is 2.24. The molecule has 2 N–H and O–H groups in total. The highest BCUT2D eigenvalue weighted by atomic mass is 16.6. The fraction of sp³-hybridized carbons (Fsp3) is 0.609. The number of nitrogens with one attached hydrogen (secondary N) is 2. The standard InChI is InChI=1S/C23H35N5O3/c1-3-24-22(26-20-11-14-27(15-12-20)23(30)31-4-2)25-16-18-8-5-6-9-19(18)17-28-13-7-10-21(28)29/h5-6,8-9,20H,3-4,7,10-17H2,1-2H3,(H2,24,25,26). The van der Waals surface area contributed by atoms with E-state index in [4.69, 9.17) is 9.73 Å². The van der Waals surface area contributed by atoms with Crippen LogP contribution in [0.1, 0.15) is 50.7 Å². The van der Waals surface area contributed by atoms with Crippen molar-refractivity contribution in [3.63, 3.8) is 0 Å². The van der Waals surface area contributed by atoms with E-state index in [1.165, 1.54) is 0 Å². The lowest BCUT2D eigenvalue weighted by atomic mass is 10.1. The highest BCUT2D eigenvalue weighted by molar-refractivity contribution is 5.80. The van der Waals surface area contributed by atoms with E-state index < -0.39 is 0 Å². The van der Waals surface area contributed by atoms with Crippen LogP contribution in [0.4, 0.5) is 4.79 Å². The number of ether oxygens (including phenoxy) is 1. The van der Waals surface area contributed by atoms with Gasteiger partial charge in [-0.05, 0) is 44.2 Å². The highest BCUT2D eigenvalue weighted by Crippen LogP contribution is 2.18. The normalized spacial score (nSPS) is 17.7. The van der Waals surface area contributed by atoms with Gasteiger partial charge in [0.05, 0.1) is 13.2 Å². The Kier molecular flexibility index (Phi) is 8.55. The third kappa shape index (κ3) is 6.60. The van der Waals surface area contributed by atoms with Crippen molar-refractivity contribution < 1.29 is 14.3 Å². The molecule has 8 nitrogen and oxygen atoms in total. The first-order valence-electron chi connectivity index (χ1n) is 11.4. The Hall–Kier alpha value is -2.77. The van der Waals surface area contributed by atoms with Crippen molar-refractivity contribution in [2.45, 2.75) is 58.7 Å². The number of benzene rings is 1. The predicted molar refractivity (Wildman–Crippen MR) is 121 cm³/mol. The van der Waals surface area contributed by atoms with Crippen LogP contribution < -0.4 is 10.6 Å². The number of aliphatic imine (C=N–C) groups is 1. The lowest BCUT2D eigenvalue weighted by molar-refractivity contribution is -0.128. The molecule has 1 aromatic carbocycles. The van der Waals surface area contributed by atoms with Crippen LogP contribution >= 0.6 is 0 Å². The van der Waals surface area contributed by atoms with Gasteiger partial charge in [-0.1, -0.05) is 24.3 Å². The molecular formula is C23H35N5O3. The maximum Gasteiger partial charge on any atom is 0.409 e. The lowest BCUT2D eigenvalue weighted by Gasteiger charge is -2.32. The SMILES string of the molecule is CCNC(=NCc1ccccc1CN1CCCC1=O)NC1CCN(C(=O)OCC)CC1. The van der Waals surface area contributed by atoms with Gasteiger partial charge in [-0.15, -0.1) is 0 Å². The second kappa shape index (κ2) is 11.6. The van der Waals surface area contributed by atoms with Gasteiger partial charge in [0.25, 0.3) is 0 Å². The van der Waals surface area contributed by atoms with Crippen molar-refractivity contribution in [3.05, 3.63) is 35.4 Å². The molecule has 0 radical (unpaired) electrons. The summed E-state index contributed by atoms with van der Waals surface area (Å²) in [5.74, 6) is 1.02. The number of nitrogens with zero attached hydrogens (tertiary/aromatic N) is 3. The van der Waals surface area contributed by atoms with Crippen molar-refractivity contribution in [1.29, 1.82) is 0 Å². The molecule has 2 saturated heterocycles. The van der Waals surface area contributed by atoms with Gasteiger partial charge in [0.1, 0.15) is 0 Å². The average molecular weight is 430 g/mol. The Morgan fingerprint density at radius 1 is 1.16 bits per heavy atom. The van der Waals surface area contributed by atoms with E-state index >= 15 is 0 Å². The minimum absolute atomic E-state index is 0.227. The molecule has 8 heteroatoms. The zero-order valence-electron chi connectivity index (χ0n) is 18.7. The number of carbonyl (C=O) groups is 2. The predicted octanol–water partition coefficient (Wildman–Crippen LogP) is 2.49. The zero-order chi connectivity index (χ0) is 22.1. The fourth-order valence-corrected chi connectivity index (χ4v) is 4.04. The number of rotatable bonds is 7. The van der Waals surface area contributed by atoms with E-state index in [1.807, 2.05) is 30.9 Å². The Morgan fingerprint density at radius 3 is 2.55 bits per heavy atom. The smallest absolute Gasteiger partial charge is 0.409 e. The van der Waals surface area contributed by atoms with Gasteiger partial charge < -0.3 is 25.2 Å². The summed E-state index contributed by atoms with van der Waals surface area (Å²) in [4.78, 5) is 32.4. The van der Waals surface area contributed by atoms with Crippen LogP contribution in [0, 0.1) is 0 Å². The summed E-state index contributed by atoms with van der Waals surface area (Å²) in [6.45, 7) is 8.46. The van der Waals surface area contributed by atoms with E-state index in [-0.39, 0.29) is 18.0 Å². The van der Waals surface area contributed by atoms with Crippen LogP contribution in [0.25, 0.3) is 0 Å². The van der Waals surface area contributed by atoms with Crippen LogP contribution in [-0.2, 0) is 22.6 Å². The number of amides is 2. The summed E-state index contributed by atoms with van der Waals surface area (Å²) in [6.07, 6.45) is 3.09. The number of piperidine rings is 1. The minimum Gasteiger partial charge on any atom is -0.450 e. The molecule has 0 saturated carbocycles. The van der Waals surface area contributed by atoms with Gasteiger partial charge in [-0.3, -0.25) is 4.79 Å². The molecular weight excluding hydrogens is 394 g/mol. The van der Waals surface area contributed by atoms with Gasteiger partial charge in [0.15, 0.2) is 5.96 Å². The Balaban J connectivity index is 1.58. The first-order valence-corrected chi connectivity index (χ1v) is 11.4. The Labute approximate surface area is 185 Å². The number of carbonyl (C=O) groups excluding carboxylic acids is 2. The number of hydrogen-bond donors (Lipinski definition) is 2. The minimum atomic E-state index is -0.227. The summed E-state index contributed by atoms with van der Waals surface area (Å²) in [6, 6.07) is 8.47. The third-order valence-corrected chi connectivity index (χ3v) is 5.76. The first-order chi connectivity index (χ1) is 15.1. The topological polar surface area (TPSA) is 86.3 Å². The summed E-state index contributed by atoms with van der Waals surface area (Å²) in [5, 5.41) is 6.84. The second-order valence-corrected chi connectivity index (χ2v) is 7.99. The van der Waals surface area contributed by atoms with Gasteiger partial charge in [-0.25, -0.2) is 9.79 Å². The molecule has 2 aliphatic rings. The second-order valence-electron chi connectivity index (χ2n) is 7.99. The maximum atomic E-state index is 12.0. The van der Waals surface area contributed by atoms with E-state index in [0.29, 0.717) is 39.2 Å². The maximum absolute atomic E-state index is 12.0.